The number of halogens is 3. The first-order valence-electron chi connectivity index (χ1n) is 5.26. The molecule has 1 aromatic rings. The van der Waals surface area contributed by atoms with E-state index >= 15 is 0 Å². The molecule has 0 aliphatic carbocycles. The molecule has 2 atom stereocenters. The Morgan fingerprint density at radius 2 is 2.12 bits per heavy atom. The monoisotopic (exact) mass is 247 g/mol. The second kappa shape index (κ2) is 4.48. The first-order valence-corrected chi connectivity index (χ1v) is 5.26. The van der Waals surface area contributed by atoms with E-state index in [4.69, 9.17) is 4.74 Å². The van der Waals surface area contributed by atoms with Crippen molar-refractivity contribution in [1.29, 1.82) is 0 Å². The maximum Gasteiger partial charge on any atom is 0.435 e. The van der Waals surface area contributed by atoms with Crippen LogP contribution in [0.3, 0.4) is 0 Å². The first-order chi connectivity index (χ1) is 7.97. The third-order valence-electron chi connectivity index (χ3n) is 2.66. The number of rotatable bonds is 2. The predicted octanol–water partition coefficient (Wildman–Crippen LogP) is 2.08. The molecule has 0 saturated carbocycles. The number of alkyl halides is 3. The zero-order valence-corrected chi connectivity index (χ0v) is 9.16. The summed E-state index contributed by atoms with van der Waals surface area (Å²) in [7, 11) is 0. The van der Waals surface area contributed by atoms with Gasteiger partial charge < -0.3 is 10.1 Å². The van der Waals surface area contributed by atoms with Gasteiger partial charge in [0.25, 0.3) is 0 Å². The molecule has 7 heteroatoms. The minimum atomic E-state index is -4.45. The Hall–Kier alpha value is -1.37. The summed E-state index contributed by atoms with van der Waals surface area (Å²) < 4.78 is 42.1. The zero-order valence-electron chi connectivity index (χ0n) is 9.16. The maximum absolute atomic E-state index is 12.2. The van der Waals surface area contributed by atoms with E-state index in [1.54, 1.807) is 0 Å². The van der Waals surface area contributed by atoms with E-state index in [2.05, 4.69) is 15.5 Å². The summed E-state index contributed by atoms with van der Waals surface area (Å²) in [6.45, 7) is 2.55. The number of ether oxygens (including phenoxy) is 1. The second-order valence-electron chi connectivity index (χ2n) is 3.92. The number of aromatic nitrogens is 2. The van der Waals surface area contributed by atoms with Gasteiger partial charge in [-0.25, -0.2) is 0 Å². The highest BCUT2D eigenvalue weighted by molar-refractivity contribution is 5.35. The number of hydrogen-bond acceptors (Lipinski definition) is 4. The molecule has 2 rings (SSSR count). The van der Waals surface area contributed by atoms with Gasteiger partial charge in [0.15, 0.2) is 5.69 Å². The number of nitrogens with zero attached hydrogens (tertiary/aromatic N) is 2. The third-order valence-corrected chi connectivity index (χ3v) is 2.66. The highest BCUT2D eigenvalue weighted by atomic mass is 19.4. The van der Waals surface area contributed by atoms with Crippen LogP contribution in [0.5, 0.6) is 0 Å². The van der Waals surface area contributed by atoms with Crippen molar-refractivity contribution < 1.29 is 17.9 Å². The van der Waals surface area contributed by atoms with Gasteiger partial charge in [-0.15, -0.1) is 10.2 Å². The van der Waals surface area contributed by atoms with Gasteiger partial charge >= 0.3 is 6.18 Å². The Bertz CT molecular complexity index is 379. The van der Waals surface area contributed by atoms with Gasteiger partial charge in [-0.1, -0.05) is 0 Å². The van der Waals surface area contributed by atoms with E-state index in [1.807, 2.05) is 6.92 Å². The van der Waals surface area contributed by atoms with Crippen molar-refractivity contribution in [2.45, 2.75) is 31.7 Å². The van der Waals surface area contributed by atoms with Gasteiger partial charge in [0.05, 0.1) is 12.1 Å². The van der Waals surface area contributed by atoms with Crippen molar-refractivity contribution >= 4 is 5.82 Å². The molecule has 94 valence electrons. The highest BCUT2D eigenvalue weighted by Gasteiger charge is 2.33. The minimum absolute atomic E-state index is 0.0269. The van der Waals surface area contributed by atoms with Crippen molar-refractivity contribution in [3.63, 3.8) is 0 Å². The molecular weight excluding hydrogens is 235 g/mol. The van der Waals surface area contributed by atoms with Crippen molar-refractivity contribution in [2.24, 2.45) is 0 Å². The number of anilines is 1. The fraction of sp³-hybridized carbons (Fsp3) is 0.600. The fourth-order valence-corrected chi connectivity index (χ4v) is 1.67. The molecule has 1 aromatic heterocycles. The molecule has 1 aliphatic rings. The summed E-state index contributed by atoms with van der Waals surface area (Å²) in [5.41, 5.74) is -0.987. The van der Waals surface area contributed by atoms with E-state index in [1.165, 1.54) is 6.07 Å². The second-order valence-corrected chi connectivity index (χ2v) is 3.92. The van der Waals surface area contributed by atoms with E-state index in [9.17, 15) is 13.2 Å². The van der Waals surface area contributed by atoms with Gasteiger partial charge in [0.2, 0.25) is 0 Å². The first kappa shape index (κ1) is 12.1. The lowest BCUT2D eigenvalue weighted by Gasteiger charge is -2.16. The van der Waals surface area contributed by atoms with E-state index in [0.717, 1.165) is 12.5 Å². The fourth-order valence-electron chi connectivity index (χ4n) is 1.67. The average molecular weight is 247 g/mol. The maximum atomic E-state index is 12.2. The third kappa shape index (κ3) is 2.85. The normalized spacial score (nSPS) is 24.9. The quantitative estimate of drug-likeness (QED) is 0.869. The van der Waals surface area contributed by atoms with Gasteiger partial charge in [0, 0.05) is 6.61 Å². The Morgan fingerprint density at radius 3 is 2.59 bits per heavy atom. The van der Waals surface area contributed by atoms with Gasteiger partial charge in [-0.3, -0.25) is 0 Å². The predicted molar refractivity (Wildman–Crippen MR) is 54.5 cm³/mol. The molecule has 2 unspecified atom stereocenters. The molecule has 0 amide bonds. The largest absolute Gasteiger partial charge is 0.435 e. The standard InChI is InChI=1S/C10H12F3N3O/c1-6-7(4-5-17-6)14-9-3-2-8(15-16-9)10(11,12)13/h2-3,6-7H,4-5H2,1H3,(H,14,16). The molecule has 4 nitrogen and oxygen atoms in total. The summed E-state index contributed by atoms with van der Waals surface area (Å²) in [6.07, 6.45) is -3.61. The van der Waals surface area contributed by atoms with Crippen molar-refractivity contribution in [1.82, 2.24) is 10.2 Å². The van der Waals surface area contributed by atoms with Crippen LogP contribution < -0.4 is 5.32 Å². The van der Waals surface area contributed by atoms with Crippen LogP contribution in [-0.4, -0.2) is 29.0 Å². The van der Waals surface area contributed by atoms with Crippen LogP contribution in [0.1, 0.15) is 19.0 Å². The lowest BCUT2D eigenvalue weighted by molar-refractivity contribution is -0.141. The molecule has 1 N–H and O–H groups in total. The Balaban J connectivity index is 2.03. The Labute approximate surface area is 96.2 Å². The van der Waals surface area contributed by atoms with Crippen LogP contribution in [0.15, 0.2) is 12.1 Å². The Kier molecular flexibility index (Phi) is 3.19. The lowest BCUT2D eigenvalue weighted by Crippen LogP contribution is -2.27. The topological polar surface area (TPSA) is 47.0 Å². The van der Waals surface area contributed by atoms with Crippen LogP contribution in [0.25, 0.3) is 0 Å². The summed E-state index contributed by atoms with van der Waals surface area (Å²) in [6, 6.07) is 2.26. The van der Waals surface area contributed by atoms with E-state index < -0.39 is 11.9 Å². The van der Waals surface area contributed by atoms with Crippen LogP contribution in [0.4, 0.5) is 19.0 Å². The number of nitrogens with one attached hydrogen (secondary N) is 1. The molecule has 17 heavy (non-hydrogen) atoms. The molecule has 0 bridgehead atoms. The zero-order chi connectivity index (χ0) is 12.5. The molecule has 0 aromatic carbocycles. The van der Waals surface area contributed by atoms with E-state index in [-0.39, 0.29) is 12.1 Å². The smallest absolute Gasteiger partial charge is 0.376 e. The van der Waals surface area contributed by atoms with Crippen LogP contribution in [0.2, 0.25) is 0 Å². The van der Waals surface area contributed by atoms with Crippen LogP contribution >= 0.6 is 0 Å². The van der Waals surface area contributed by atoms with Crippen molar-refractivity contribution in [2.75, 3.05) is 11.9 Å². The van der Waals surface area contributed by atoms with Crippen LogP contribution in [-0.2, 0) is 10.9 Å². The van der Waals surface area contributed by atoms with Gasteiger partial charge in [-0.05, 0) is 25.5 Å². The lowest BCUT2D eigenvalue weighted by atomic mass is 10.1. The Morgan fingerprint density at radius 1 is 1.35 bits per heavy atom. The molecular formula is C10H12F3N3O. The molecule has 0 radical (unpaired) electrons. The van der Waals surface area contributed by atoms with Crippen molar-refractivity contribution in [3.05, 3.63) is 17.8 Å². The SMILES string of the molecule is CC1OCCC1Nc1ccc(C(F)(F)F)nn1. The average Bonchev–Trinajstić information content (AvgIpc) is 2.64. The summed E-state index contributed by atoms with van der Waals surface area (Å²) in [4.78, 5) is 0. The molecule has 1 fully saturated rings. The minimum Gasteiger partial charge on any atom is -0.376 e. The molecule has 0 spiro atoms. The molecule has 1 saturated heterocycles. The van der Waals surface area contributed by atoms with Gasteiger partial charge in [0.1, 0.15) is 5.82 Å². The van der Waals surface area contributed by atoms with Crippen LogP contribution in [0, 0.1) is 0 Å². The van der Waals surface area contributed by atoms with Gasteiger partial charge in [-0.2, -0.15) is 13.2 Å². The van der Waals surface area contributed by atoms with Crippen molar-refractivity contribution in [3.8, 4) is 0 Å². The number of hydrogen-bond donors (Lipinski definition) is 1. The molecule has 1 aliphatic heterocycles. The summed E-state index contributed by atoms with van der Waals surface area (Å²) >= 11 is 0. The summed E-state index contributed by atoms with van der Waals surface area (Å²) in [5.74, 6) is 0.334. The molecule has 2 heterocycles. The highest BCUT2D eigenvalue weighted by Crippen LogP contribution is 2.27. The summed E-state index contributed by atoms with van der Waals surface area (Å²) in [5, 5.41) is 9.65. The van der Waals surface area contributed by atoms with E-state index in [0.29, 0.717) is 12.4 Å².